The molecule has 0 saturated carbocycles. The SMILES string of the molecule is O=C1c2ccccc2C=NC12C=CNO2. The number of hydrogen-bond acceptors (Lipinski definition) is 4. The molecule has 2 aliphatic rings. The molecule has 0 amide bonds. The molecule has 0 fully saturated rings. The van der Waals surface area contributed by atoms with Crippen molar-refractivity contribution in [2.45, 2.75) is 5.72 Å². The summed E-state index contributed by atoms with van der Waals surface area (Å²) in [6.45, 7) is 0. The maximum Gasteiger partial charge on any atom is 0.268 e. The second kappa shape index (κ2) is 2.77. The first-order valence-electron chi connectivity index (χ1n) is 4.62. The summed E-state index contributed by atoms with van der Waals surface area (Å²) in [6.07, 6.45) is 4.85. The third-order valence-corrected chi connectivity index (χ3v) is 2.52. The Hall–Kier alpha value is -1.94. The summed E-state index contributed by atoms with van der Waals surface area (Å²) in [5.41, 5.74) is 2.81. The van der Waals surface area contributed by atoms with Crippen molar-refractivity contribution in [1.29, 1.82) is 0 Å². The first-order valence-corrected chi connectivity index (χ1v) is 4.62. The molecule has 1 N–H and O–H groups in total. The van der Waals surface area contributed by atoms with Crippen LogP contribution in [0.5, 0.6) is 0 Å². The van der Waals surface area contributed by atoms with Crippen molar-refractivity contribution >= 4 is 12.0 Å². The number of hydroxylamine groups is 1. The average molecular weight is 200 g/mol. The van der Waals surface area contributed by atoms with Gasteiger partial charge in [-0.2, -0.15) is 0 Å². The van der Waals surface area contributed by atoms with Crippen LogP contribution in [-0.4, -0.2) is 17.7 Å². The summed E-state index contributed by atoms with van der Waals surface area (Å²) in [7, 11) is 0. The van der Waals surface area contributed by atoms with Crippen LogP contribution in [0.2, 0.25) is 0 Å². The van der Waals surface area contributed by atoms with Crippen molar-refractivity contribution < 1.29 is 9.63 Å². The highest BCUT2D eigenvalue weighted by Crippen LogP contribution is 2.28. The first-order chi connectivity index (χ1) is 7.32. The lowest BCUT2D eigenvalue weighted by Crippen LogP contribution is -2.40. The number of fused-ring (bicyclic) bond motifs is 1. The molecule has 1 aromatic carbocycles. The molecule has 1 unspecified atom stereocenters. The predicted octanol–water partition coefficient (Wildman–Crippen LogP) is 1.05. The molecule has 15 heavy (non-hydrogen) atoms. The molecule has 3 rings (SSSR count). The molecule has 0 aliphatic carbocycles. The monoisotopic (exact) mass is 200 g/mol. The molecule has 1 atom stereocenters. The Kier molecular flexibility index (Phi) is 1.55. The zero-order valence-electron chi connectivity index (χ0n) is 7.81. The zero-order chi connectivity index (χ0) is 10.3. The molecule has 0 radical (unpaired) electrons. The van der Waals surface area contributed by atoms with Gasteiger partial charge in [0, 0.05) is 23.5 Å². The Morgan fingerprint density at radius 3 is 3.00 bits per heavy atom. The summed E-state index contributed by atoms with van der Waals surface area (Å²) in [5, 5.41) is 0. The largest absolute Gasteiger partial charge is 0.288 e. The van der Waals surface area contributed by atoms with Crippen LogP contribution in [0.1, 0.15) is 15.9 Å². The molecular formula is C11H8N2O2. The molecule has 4 nitrogen and oxygen atoms in total. The Labute approximate surface area is 86.2 Å². The molecule has 2 heterocycles. The van der Waals surface area contributed by atoms with Gasteiger partial charge in [0.25, 0.3) is 5.72 Å². The number of rotatable bonds is 0. The van der Waals surface area contributed by atoms with E-state index >= 15 is 0 Å². The van der Waals surface area contributed by atoms with Gasteiger partial charge in [-0.25, -0.2) is 9.83 Å². The van der Waals surface area contributed by atoms with Gasteiger partial charge in [0.2, 0.25) is 5.78 Å². The number of nitrogens with zero attached hydrogens (tertiary/aromatic N) is 1. The van der Waals surface area contributed by atoms with E-state index in [0.717, 1.165) is 5.56 Å². The normalized spacial score (nSPS) is 26.8. The minimum atomic E-state index is -1.19. The standard InChI is InChI=1S/C11H8N2O2/c14-10-9-4-2-1-3-8(9)7-12-11(10)5-6-13-15-11/h1-7,13H. The minimum absolute atomic E-state index is 0.137. The van der Waals surface area contributed by atoms with Crippen LogP contribution in [0.25, 0.3) is 0 Å². The van der Waals surface area contributed by atoms with E-state index in [1.807, 2.05) is 18.2 Å². The fraction of sp³-hybridized carbons (Fsp3) is 0.0909. The van der Waals surface area contributed by atoms with E-state index in [2.05, 4.69) is 10.5 Å². The minimum Gasteiger partial charge on any atom is -0.288 e. The summed E-state index contributed by atoms with van der Waals surface area (Å²) < 4.78 is 0. The molecule has 0 bridgehead atoms. The highest BCUT2D eigenvalue weighted by molar-refractivity contribution is 6.12. The summed E-state index contributed by atoms with van der Waals surface area (Å²) in [4.78, 5) is 21.4. The van der Waals surface area contributed by atoms with E-state index < -0.39 is 5.72 Å². The number of Topliss-reactive ketones (excluding diaryl/α,β-unsaturated/α-hetero) is 1. The van der Waals surface area contributed by atoms with E-state index in [-0.39, 0.29) is 5.78 Å². The second-order valence-electron chi connectivity index (χ2n) is 3.42. The highest BCUT2D eigenvalue weighted by Gasteiger charge is 2.43. The third-order valence-electron chi connectivity index (χ3n) is 2.52. The smallest absolute Gasteiger partial charge is 0.268 e. The Balaban J connectivity index is 2.17. The van der Waals surface area contributed by atoms with Gasteiger partial charge in [0.1, 0.15) is 0 Å². The maximum absolute atomic E-state index is 12.1. The number of nitrogens with one attached hydrogen (secondary N) is 1. The van der Waals surface area contributed by atoms with E-state index in [4.69, 9.17) is 4.84 Å². The fourth-order valence-electron chi connectivity index (χ4n) is 1.73. The number of aliphatic imine (C=N–C) groups is 1. The zero-order valence-corrected chi connectivity index (χ0v) is 7.81. The van der Waals surface area contributed by atoms with Gasteiger partial charge in [0.15, 0.2) is 0 Å². The summed E-state index contributed by atoms with van der Waals surface area (Å²) >= 11 is 0. The van der Waals surface area contributed by atoms with Crippen LogP contribution in [0.15, 0.2) is 41.5 Å². The topological polar surface area (TPSA) is 50.7 Å². The molecule has 0 saturated heterocycles. The van der Waals surface area contributed by atoms with Gasteiger partial charge in [-0.1, -0.05) is 24.3 Å². The lowest BCUT2D eigenvalue weighted by Gasteiger charge is -2.23. The number of ketones is 1. The van der Waals surface area contributed by atoms with Crippen molar-refractivity contribution in [2.75, 3.05) is 0 Å². The molecular weight excluding hydrogens is 192 g/mol. The van der Waals surface area contributed by atoms with Crippen LogP contribution in [0, 0.1) is 0 Å². The van der Waals surface area contributed by atoms with Gasteiger partial charge >= 0.3 is 0 Å². The van der Waals surface area contributed by atoms with Crippen LogP contribution >= 0.6 is 0 Å². The number of benzene rings is 1. The number of carbonyl (C=O) groups excluding carboxylic acids is 1. The maximum atomic E-state index is 12.1. The number of carbonyl (C=O) groups is 1. The van der Waals surface area contributed by atoms with E-state index in [1.165, 1.54) is 0 Å². The molecule has 0 aromatic heterocycles. The van der Waals surface area contributed by atoms with Gasteiger partial charge < -0.3 is 0 Å². The van der Waals surface area contributed by atoms with Crippen LogP contribution < -0.4 is 5.48 Å². The van der Waals surface area contributed by atoms with E-state index in [0.29, 0.717) is 5.56 Å². The fourth-order valence-corrected chi connectivity index (χ4v) is 1.73. The Bertz CT molecular complexity index is 493. The van der Waals surface area contributed by atoms with Crippen molar-refractivity contribution in [3.05, 3.63) is 47.7 Å². The van der Waals surface area contributed by atoms with Crippen LogP contribution in [0.3, 0.4) is 0 Å². The molecule has 74 valence electrons. The lowest BCUT2D eigenvalue weighted by molar-refractivity contribution is -0.0163. The van der Waals surface area contributed by atoms with Crippen LogP contribution in [-0.2, 0) is 4.84 Å². The second-order valence-corrected chi connectivity index (χ2v) is 3.42. The lowest BCUT2D eigenvalue weighted by atomic mass is 9.94. The predicted molar refractivity (Wildman–Crippen MR) is 54.5 cm³/mol. The molecule has 1 aromatic rings. The van der Waals surface area contributed by atoms with Crippen molar-refractivity contribution in [3.63, 3.8) is 0 Å². The molecule has 4 heteroatoms. The van der Waals surface area contributed by atoms with Gasteiger partial charge in [-0.05, 0) is 6.08 Å². The average Bonchev–Trinajstić information content (AvgIpc) is 2.74. The molecule has 1 spiro atoms. The quantitative estimate of drug-likeness (QED) is 0.681. The van der Waals surface area contributed by atoms with Gasteiger partial charge in [0.05, 0.1) is 0 Å². The third kappa shape index (κ3) is 1.05. The van der Waals surface area contributed by atoms with Gasteiger partial charge in [-0.15, -0.1) is 0 Å². The first kappa shape index (κ1) is 8.38. The molecule has 2 aliphatic heterocycles. The summed E-state index contributed by atoms with van der Waals surface area (Å²) in [5.74, 6) is -0.137. The number of hydrogen-bond donors (Lipinski definition) is 1. The van der Waals surface area contributed by atoms with Crippen LogP contribution in [0.4, 0.5) is 0 Å². The Morgan fingerprint density at radius 2 is 2.20 bits per heavy atom. The Morgan fingerprint density at radius 1 is 1.33 bits per heavy atom. The van der Waals surface area contributed by atoms with E-state index in [1.54, 1.807) is 24.6 Å². The highest BCUT2D eigenvalue weighted by atomic mass is 16.7. The van der Waals surface area contributed by atoms with Crippen molar-refractivity contribution in [3.8, 4) is 0 Å². The van der Waals surface area contributed by atoms with Crippen molar-refractivity contribution in [2.24, 2.45) is 4.99 Å². The van der Waals surface area contributed by atoms with E-state index in [9.17, 15) is 4.79 Å². The van der Waals surface area contributed by atoms with Gasteiger partial charge in [-0.3, -0.25) is 10.3 Å². The van der Waals surface area contributed by atoms with Crippen molar-refractivity contribution in [1.82, 2.24) is 5.48 Å². The summed E-state index contributed by atoms with van der Waals surface area (Å²) in [6, 6.07) is 7.34.